The zero-order chi connectivity index (χ0) is 22.5. The smallest absolute Gasteiger partial charge is 0.323 e. The number of carbonyl (C=O) groups is 3. The Labute approximate surface area is 187 Å². The average molecular weight is 436 g/mol. The zero-order valence-electron chi connectivity index (χ0n) is 18.6. The van der Waals surface area contributed by atoms with Gasteiger partial charge in [-0.15, -0.1) is 0 Å². The Balaban J connectivity index is 1.39. The third kappa shape index (κ3) is 3.20. The summed E-state index contributed by atoms with van der Waals surface area (Å²) in [6.07, 6.45) is 7.85. The molecule has 1 spiro atoms. The first-order chi connectivity index (χ1) is 15.4. The van der Waals surface area contributed by atoms with Gasteiger partial charge in [-0.05, 0) is 57.1 Å². The van der Waals surface area contributed by atoms with E-state index in [0.717, 1.165) is 42.6 Å². The third-order valence-corrected chi connectivity index (χ3v) is 7.27. The second-order valence-corrected chi connectivity index (χ2v) is 9.29. The number of rotatable bonds is 4. The van der Waals surface area contributed by atoms with E-state index in [9.17, 15) is 14.4 Å². The molecule has 0 radical (unpaired) electrons. The molecule has 1 saturated heterocycles. The standard InChI is InChI=1S/C24H29N5O3/c1-15-14-25-29(19-11-7-9-17-8-3-4-10-18(17)19)20(15)26-21(30)16(2)28-22(31)24(27-23(28)32)12-5-6-13-24/h3-4,8,10,14,16,19H,5-7,9,11-13H2,1-2H3,(H,26,30)(H,27,32). The summed E-state index contributed by atoms with van der Waals surface area (Å²) in [4.78, 5) is 39.9. The van der Waals surface area contributed by atoms with Crippen molar-refractivity contribution >= 4 is 23.7 Å². The fraction of sp³-hybridized carbons (Fsp3) is 0.500. The number of anilines is 1. The lowest BCUT2D eigenvalue weighted by Gasteiger charge is -2.28. The monoisotopic (exact) mass is 435 g/mol. The molecule has 1 aliphatic heterocycles. The van der Waals surface area contributed by atoms with Gasteiger partial charge in [0.25, 0.3) is 5.91 Å². The van der Waals surface area contributed by atoms with Gasteiger partial charge in [-0.2, -0.15) is 5.10 Å². The Kier molecular flexibility index (Phi) is 5.03. The van der Waals surface area contributed by atoms with Crippen LogP contribution >= 0.6 is 0 Å². The number of aromatic nitrogens is 2. The highest BCUT2D eigenvalue weighted by Gasteiger charge is 2.54. The Morgan fingerprint density at radius 3 is 2.75 bits per heavy atom. The van der Waals surface area contributed by atoms with Crippen LogP contribution in [-0.4, -0.2) is 44.1 Å². The van der Waals surface area contributed by atoms with Gasteiger partial charge < -0.3 is 10.6 Å². The molecular weight excluding hydrogens is 406 g/mol. The van der Waals surface area contributed by atoms with Crippen molar-refractivity contribution in [2.45, 2.75) is 76.4 Å². The van der Waals surface area contributed by atoms with E-state index < -0.39 is 23.5 Å². The molecule has 32 heavy (non-hydrogen) atoms. The lowest BCUT2D eigenvalue weighted by atomic mass is 9.88. The highest BCUT2D eigenvalue weighted by molar-refractivity contribution is 6.11. The van der Waals surface area contributed by atoms with Crippen molar-refractivity contribution in [1.82, 2.24) is 20.0 Å². The second kappa shape index (κ2) is 7.76. The summed E-state index contributed by atoms with van der Waals surface area (Å²) in [5.41, 5.74) is 2.55. The summed E-state index contributed by atoms with van der Waals surface area (Å²) >= 11 is 0. The van der Waals surface area contributed by atoms with Gasteiger partial charge in [0.2, 0.25) is 5.91 Å². The molecule has 2 aliphatic carbocycles. The van der Waals surface area contributed by atoms with Gasteiger partial charge in [-0.1, -0.05) is 37.1 Å². The number of imide groups is 1. The van der Waals surface area contributed by atoms with Crippen molar-refractivity contribution in [2.75, 3.05) is 5.32 Å². The van der Waals surface area contributed by atoms with Crippen LogP contribution in [0.15, 0.2) is 30.5 Å². The fourth-order valence-electron chi connectivity index (χ4n) is 5.47. The summed E-state index contributed by atoms with van der Waals surface area (Å²) in [6, 6.07) is 7.00. The molecule has 4 amide bonds. The summed E-state index contributed by atoms with van der Waals surface area (Å²) in [5.74, 6) is -0.0576. The molecule has 2 fully saturated rings. The number of urea groups is 1. The van der Waals surface area contributed by atoms with Gasteiger partial charge in [0.1, 0.15) is 17.4 Å². The molecule has 1 aromatic heterocycles. The maximum absolute atomic E-state index is 13.2. The predicted molar refractivity (Wildman–Crippen MR) is 119 cm³/mol. The Bertz CT molecular complexity index is 1090. The minimum absolute atomic E-state index is 0.0396. The number of hydrogen-bond donors (Lipinski definition) is 2. The second-order valence-electron chi connectivity index (χ2n) is 9.29. The number of aryl methyl sites for hydroxylation is 2. The topological polar surface area (TPSA) is 96.3 Å². The molecule has 8 nitrogen and oxygen atoms in total. The van der Waals surface area contributed by atoms with Crippen LogP contribution in [-0.2, 0) is 16.0 Å². The van der Waals surface area contributed by atoms with E-state index in [0.29, 0.717) is 18.7 Å². The van der Waals surface area contributed by atoms with Crippen molar-refractivity contribution in [1.29, 1.82) is 0 Å². The number of hydrogen-bond acceptors (Lipinski definition) is 4. The first-order valence-corrected chi connectivity index (χ1v) is 11.5. The van der Waals surface area contributed by atoms with E-state index in [2.05, 4.69) is 33.9 Å². The van der Waals surface area contributed by atoms with Crippen molar-refractivity contribution in [3.8, 4) is 0 Å². The minimum Gasteiger partial charge on any atom is -0.323 e. The van der Waals surface area contributed by atoms with Crippen LogP contribution in [0, 0.1) is 6.92 Å². The largest absolute Gasteiger partial charge is 0.325 e. The van der Waals surface area contributed by atoms with Crippen LogP contribution < -0.4 is 10.6 Å². The van der Waals surface area contributed by atoms with Crippen LogP contribution in [0.4, 0.5) is 10.6 Å². The normalized spacial score (nSPS) is 22.7. The maximum atomic E-state index is 13.2. The summed E-state index contributed by atoms with van der Waals surface area (Å²) < 4.78 is 1.88. The molecule has 2 unspecified atom stereocenters. The van der Waals surface area contributed by atoms with Crippen LogP contribution in [0.5, 0.6) is 0 Å². The summed E-state index contributed by atoms with van der Waals surface area (Å²) in [7, 11) is 0. The molecule has 2 aromatic rings. The number of amides is 4. The van der Waals surface area contributed by atoms with Gasteiger partial charge in [-0.25, -0.2) is 14.4 Å². The average Bonchev–Trinajstić information content (AvgIpc) is 3.47. The van der Waals surface area contributed by atoms with Crippen LogP contribution in [0.1, 0.15) is 68.2 Å². The fourth-order valence-corrected chi connectivity index (χ4v) is 5.47. The van der Waals surface area contributed by atoms with Crippen LogP contribution in [0.2, 0.25) is 0 Å². The van der Waals surface area contributed by atoms with E-state index in [1.54, 1.807) is 13.1 Å². The molecule has 5 rings (SSSR count). The summed E-state index contributed by atoms with van der Waals surface area (Å²) in [5, 5.41) is 10.4. The van der Waals surface area contributed by atoms with Crippen molar-refractivity contribution in [3.63, 3.8) is 0 Å². The molecular formula is C24H29N5O3. The quantitative estimate of drug-likeness (QED) is 0.720. The van der Waals surface area contributed by atoms with E-state index in [-0.39, 0.29) is 11.9 Å². The Hall–Kier alpha value is -3.16. The number of nitrogens with zero attached hydrogens (tertiary/aromatic N) is 3. The molecule has 2 atom stereocenters. The molecule has 1 saturated carbocycles. The van der Waals surface area contributed by atoms with E-state index >= 15 is 0 Å². The van der Waals surface area contributed by atoms with Crippen molar-refractivity contribution in [2.24, 2.45) is 0 Å². The first kappa shape index (κ1) is 20.7. The molecule has 2 N–H and O–H groups in total. The zero-order valence-corrected chi connectivity index (χ0v) is 18.6. The van der Waals surface area contributed by atoms with Gasteiger partial charge in [0.05, 0.1) is 12.2 Å². The molecule has 1 aromatic carbocycles. The van der Waals surface area contributed by atoms with Crippen molar-refractivity contribution in [3.05, 3.63) is 47.2 Å². The number of carbonyl (C=O) groups excluding carboxylic acids is 3. The molecule has 3 aliphatic rings. The van der Waals surface area contributed by atoms with Gasteiger partial charge in [-0.3, -0.25) is 9.59 Å². The maximum Gasteiger partial charge on any atom is 0.325 e. The third-order valence-electron chi connectivity index (χ3n) is 7.27. The highest BCUT2D eigenvalue weighted by atomic mass is 16.2. The first-order valence-electron chi connectivity index (χ1n) is 11.5. The van der Waals surface area contributed by atoms with Gasteiger partial charge >= 0.3 is 6.03 Å². The van der Waals surface area contributed by atoms with Crippen LogP contribution in [0.25, 0.3) is 0 Å². The SMILES string of the molecule is Cc1cnn(C2CCCc3ccccc32)c1NC(=O)C(C)N1C(=O)NC2(CCCC2)C1=O. The molecule has 168 valence electrons. The predicted octanol–water partition coefficient (Wildman–Crippen LogP) is 3.31. The lowest BCUT2D eigenvalue weighted by Crippen LogP contribution is -2.48. The summed E-state index contributed by atoms with van der Waals surface area (Å²) in [6.45, 7) is 3.51. The minimum atomic E-state index is -0.913. The Morgan fingerprint density at radius 2 is 1.97 bits per heavy atom. The highest BCUT2D eigenvalue weighted by Crippen LogP contribution is 2.37. The Morgan fingerprint density at radius 1 is 1.22 bits per heavy atom. The van der Waals surface area contributed by atoms with Gasteiger partial charge in [0.15, 0.2) is 0 Å². The van der Waals surface area contributed by atoms with E-state index in [1.807, 2.05) is 17.7 Å². The van der Waals surface area contributed by atoms with E-state index in [1.165, 1.54) is 11.1 Å². The lowest BCUT2D eigenvalue weighted by molar-refractivity contribution is -0.136. The van der Waals surface area contributed by atoms with Gasteiger partial charge in [0, 0.05) is 5.56 Å². The van der Waals surface area contributed by atoms with E-state index in [4.69, 9.17) is 0 Å². The molecule has 0 bridgehead atoms. The molecule has 8 heteroatoms. The van der Waals surface area contributed by atoms with Crippen molar-refractivity contribution < 1.29 is 14.4 Å². The number of fused-ring (bicyclic) bond motifs is 1. The number of nitrogens with one attached hydrogen (secondary N) is 2. The van der Waals surface area contributed by atoms with Crippen LogP contribution in [0.3, 0.4) is 0 Å². The number of benzene rings is 1. The molecule has 2 heterocycles.